The van der Waals surface area contributed by atoms with Crippen LogP contribution in [0.4, 0.5) is 5.69 Å². The van der Waals surface area contributed by atoms with Crippen molar-refractivity contribution >= 4 is 5.69 Å². The van der Waals surface area contributed by atoms with E-state index in [4.69, 9.17) is 15.7 Å². The number of nitrogen functional groups attached to an aromatic ring is 1. The summed E-state index contributed by atoms with van der Waals surface area (Å²) in [4.78, 5) is 2.26. The van der Waals surface area contributed by atoms with E-state index in [9.17, 15) is 0 Å². The van der Waals surface area contributed by atoms with Crippen molar-refractivity contribution in [2.75, 3.05) is 25.9 Å². The molecule has 0 aromatic heterocycles. The van der Waals surface area contributed by atoms with Crippen molar-refractivity contribution < 1.29 is 4.74 Å². The van der Waals surface area contributed by atoms with Gasteiger partial charge in [-0.15, -0.1) is 0 Å². The predicted molar refractivity (Wildman–Crippen MR) is 66.7 cm³/mol. The first-order valence-corrected chi connectivity index (χ1v) is 5.84. The zero-order valence-electron chi connectivity index (χ0n) is 10.0. The van der Waals surface area contributed by atoms with Gasteiger partial charge in [-0.1, -0.05) is 0 Å². The van der Waals surface area contributed by atoms with Gasteiger partial charge in [0.15, 0.2) is 0 Å². The van der Waals surface area contributed by atoms with Crippen molar-refractivity contribution in [1.82, 2.24) is 4.90 Å². The molecule has 1 fully saturated rings. The highest BCUT2D eigenvalue weighted by Gasteiger charge is 2.19. The fourth-order valence-corrected chi connectivity index (χ4v) is 2.12. The van der Waals surface area contributed by atoms with Crippen LogP contribution < -0.4 is 10.5 Å². The largest absolute Gasteiger partial charge is 0.487 e. The second-order valence-electron chi connectivity index (χ2n) is 4.51. The maximum Gasteiger partial charge on any atom is 0.142 e. The molecule has 2 rings (SSSR count). The van der Waals surface area contributed by atoms with Crippen LogP contribution in [0.25, 0.3) is 0 Å². The van der Waals surface area contributed by atoms with Crippen LogP contribution in [0.15, 0.2) is 18.2 Å². The molecule has 1 aliphatic heterocycles. The van der Waals surface area contributed by atoms with Crippen molar-refractivity contribution in [2.45, 2.75) is 18.9 Å². The van der Waals surface area contributed by atoms with Gasteiger partial charge in [-0.25, -0.2) is 0 Å². The molecule has 0 spiro atoms. The molecule has 1 unspecified atom stereocenters. The number of piperidine rings is 1. The Morgan fingerprint density at radius 1 is 1.53 bits per heavy atom. The maximum atomic E-state index is 8.76. The number of likely N-dealkylation sites (N-methyl/N-ethyl adjacent to an activating group) is 1. The predicted octanol–water partition coefficient (Wildman–Crippen LogP) is 1.61. The van der Waals surface area contributed by atoms with E-state index < -0.39 is 0 Å². The summed E-state index contributed by atoms with van der Waals surface area (Å²) in [6.45, 7) is 2.06. The lowest BCUT2D eigenvalue weighted by atomic mass is 10.1. The molecule has 0 aliphatic carbocycles. The molecule has 0 bridgehead atoms. The molecule has 17 heavy (non-hydrogen) atoms. The van der Waals surface area contributed by atoms with E-state index in [0.717, 1.165) is 25.9 Å². The number of hydrogen-bond donors (Lipinski definition) is 1. The summed E-state index contributed by atoms with van der Waals surface area (Å²) in [6.07, 6.45) is 2.41. The number of hydrogen-bond acceptors (Lipinski definition) is 4. The lowest BCUT2D eigenvalue weighted by Crippen LogP contribution is -2.38. The number of anilines is 1. The van der Waals surface area contributed by atoms with E-state index in [0.29, 0.717) is 17.0 Å². The average molecular weight is 231 g/mol. The Labute approximate surface area is 102 Å². The van der Waals surface area contributed by atoms with E-state index >= 15 is 0 Å². The fraction of sp³-hybridized carbons (Fsp3) is 0.462. The van der Waals surface area contributed by atoms with Crippen LogP contribution in [-0.2, 0) is 0 Å². The van der Waals surface area contributed by atoms with Crippen molar-refractivity contribution in [2.24, 2.45) is 0 Å². The summed E-state index contributed by atoms with van der Waals surface area (Å²) in [5.74, 6) is 0.685. The molecule has 0 amide bonds. The Hall–Kier alpha value is -1.73. The summed E-state index contributed by atoms with van der Waals surface area (Å²) in [7, 11) is 2.09. The number of nitrogens with zero attached hydrogens (tertiary/aromatic N) is 2. The molecule has 1 saturated heterocycles. The fourth-order valence-electron chi connectivity index (χ4n) is 2.12. The molecule has 1 heterocycles. The minimum Gasteiger partial charge on any atom is -0.487 e. The van der Waals surface area contributed by atoms with Gasteiger partial charge in [0.1, 0.15) is 11.9 Å². The Bertz CT molecular complexity index is 439. The van der Waals surface area contributed by atoms with Gasteiger partial charge in [0, 0.05) is 6.54 Å². The van der Waals surface area contributed by atoms with Crippen LogP contribution >= 0.6 is 0 Å². The summed E-state index contributed by atoms with van der Waals surface area (Å²) < 4.78 is 5.88. The second kappa shape index (κ2) is 5.07. The van der Waals surface area contributed by atoms with Gasteiger partial charge in [0.25, 0.3) is 0 Å². The lowest BCUT2D eigenvalue weighted by molar-refractivity contribution is 0.105. The van der Waals surface area contributed by atoms with Crippen molar-refractivity contribution in [3.8, 4) is 11.8 Å². The smallest absolute Gasteiger partial charge is 0.142 e. The lowest BCUT2D eigenvalue weighted by Gasteiger charge is -2.30. The number of rotatable bonds is 2. The first-order chi connectivity index (χ1) is 8.19. The zero-order valence-corrected chi connectivity index (χ0v) is 10.0. The summed E-state index contributed by atoms with van der Waals surface area (Å²) in [5, 5.41) is 8.76. The first-order valence-electron chi connectivity index (χ1n) is 5.84. The van der Waals surface area contributed by atoms with Crippen LogP contribution in [0.5, 0.6) is 5.75 Å². The molecule has 4 heteroatoms. The van der Waals surface area contributed by atoms with Gasteiger partial charge in [0.05, 0.1) is 17.3 Å². The number of ether oxygens (including phenoxy) is 1. The molecule has 0 radical (unpaired) electrons. The minimum atomic E-state index is 0.198. The van der Waals surface area contributed by atoms with E-state index in [1.54, 1.807) is 18.2 Å². The van der Waals surface area contributed by atoms with Crippen LogP contribution in [0, 0.1) is 11.3 Å². The molecule has 1 aromatic carbocycles. The van der Waals surface area contributed by atoms with Crippen LogP contribution in [0.2, 0.25) is 0 Å². The molecule has 0 saturated carbocycles. The molecule has 1 aliphatic rings. The molecular weight excluding hydrogens is 214 g/mol. The van der Waals surface area contributed by atoms with Gasteiger partial charge in [-0.05, 0) is 44.6 Å². The first kappa shape index (κ1) is 11.7. The number of nitrogens with two attached hydrogens (primary N) is 1. The Morgan fingerprint density at radius 2 is 2.35 bits per heavy atom. The van der Waals surface area contributed by atoms with E-state index in [1.165, 1.54) is 0 Å². The molecule has 1 atom stereocenters. The quantitative estimate of drug-likeness (QED) is 0.785. The average Bonchev–Trinajstić information content (AvgIpc) is 2.32. The highest BCUT2D eigenvalue weighted by molar-refractivity contribution is 5.56. The van der Waals surface area contributed by atoms with Gasteiger partial charge in [-0.3, -0.25) is 0 Å². The van der Waals surface area contributed by atoms with Gasteiger partial charge in [0.2, 0.25) is 0 Å². The highest BCUT2D eigenvalue weighted by atomic mass is 16.5. The summed E-state index contributed by atoms with van der Waals surface area (Å²) in [6, 6.07) is 7.23. The summed E-state index contributed by atoms with van der Waals surface area (Å²) >= 11 is 0. The van der Waals surface area contributed by atoms with Crippen molar-refractivity contribution in [3.05, 3.63) is 23.8 Å². The topological polar surface area (TPSA) is 62.3 Å². The molecule has 90 valence electrons. The molecule has 1 aromatic rings. The third-order valence-electron chi connectivity index (χ3n) is 3.01. The van der Waals surface area contributed by atoms with Crippen LogP contribution in [0.3, 0.4) is 0 Å². The van der Waals surface area contributed by atoms with Crippen molar-refractivity contribution in [1.29, 1.82) is 5.26 Å². The van der Waals surface area contributed by atoms with Crippen LogP contribution in [0.1, 0.15) is 18.4 Å². The summed E-state index contributed by atoms with van der Waals surface area (Å²) in [5.41, 5.74) is 6.96. The number of nitriles is 1. The molecular formula is C13H17N3O. The van der Waals surface area contributed by atoms with E-state index in [1.807, 2.05) is 0 Å². The standard InChI is InChI=1S/C13H17N3O/c1-16-6-2-3-11(9-16)17-13-5-4-10(8-14)7-12(13)15/h4-5,7,11H,2-3,6,9,15H2,1H3. The Balaban J connectivity index is 2.06. The Kier molecular flexibility index (Phi) is 3.50. The van der Waals surface area contributed by atoms with Crippen molar-refractivity contribution in [3.63, 3.8) is 0 Å². The second-order valence-corrected chi connectivity index (χ2v) is 4.51. The van der Waals surface area contributed by atoms with Gasteiger partial charge < -0.3 is 15.4 Å². The van der Waals surface area contributed by atoms with Gasteiger partial charge >= 0.3 is 0 Å². The third-order valence-corrected chi connectivity index (χ3v) is 3.01. The molecule has 4 nitrogen and oxygen atoms in total. The minimum absolute atomic E-state index is 0.198. The number of likely N-dealkylation sites (tertiary alicyclic amines) is 1. The highest BCUT2D eigenvalue weighted by Crippen LogP contribution is 2.25. The Morgan fingerprint density at radius 3 is 3.00 bits per heavy atom. The normalized spacial score (nSPS) is 20.8. The SMILES string of the molecule is CN1CCCC(Oc2ccc(C#N)cc2N)C1. The number of benzene rings is 1. The van der Waals surface area contributed by atoms with Gasteiger partial charge in [-0.2, -0.15) is 5.26 Å². The van der Waals surface area contributed by atoms with E-state index in [-0.39, 0.29) is 6.10 Å². The monoisotopic (exact) mass is 231 g/mol. The van der Waals surface area contributed by atoms with Crippen LogP contribution in [-0.4, -0.2) is 31.1 Å². The third kappa shape index (κ3) is 2.89. The molecule has 2 N–H and O–H groups in total. The van der Waals surface area contributed by atoms with E-state index in [2.05, 4.69) is 18.0 Å². The zero-order chi connectivity index (χ0) is 12.3. The maximum absolute atomic E-state index is 8.76.